The Labute approximate surface area is 148 Å². The highest BCUT2D eigenvalue weighted by Gasteiger charge is 2.26. The van der Waals surface area contributed by atoms with Gasteiger partial charge in [0.05, 0.1) is 12.2 Å². The molecule has 3 aromatic rings. The fourth-order valence-corrected chi connectivity index (χ4v) is 4.30. The Kier molecular flexibility index (Phi) is 3.95. The molecule has 3 heterocycles. The normalized spacial score (nSPS) is 14.0. The number of aryl methyl sites for hydroxylation is 1. The van der Waals surface area contributed by atoms with Crippen molar-refractivity contribution in [3.8, 4) is 0 Å². The Morgan fingerprint density at radius 2 is 2.28 bits per heavy atom. The number of aromatic nitrogens is 2. The molecule has 5 nitrogen and oxygen atoms in total. The smallest absolute Gasteiger partial charge is 0.270 e. The van der Waals surface area contributed by atoms with Crippen molar-refractivity contribution in [1.29, 1.82) is 0 Å². The number of aromatic amines is 1. The predicted molar refractivity (Wildman–Crippen MR) is 97.7 cm³/mol. The third-order valence-corrected chi connectivity index (χ3v) is 5.73. The molecule has 130 valence electrons. The van der Waals surface area contributed by atoms with Crippen molar-refractivity contribution in [2.45, 2.75) is 26.3 Å². The number of amides is 1. The highest BCUT2D eigenvalue weighted by atomic mass is 32.1. The van der Waals surface area contributed by atoms with Crippen LogP contribution < -0.4 is 5.32 Å². The van der Waals surface area contributed by atoms with Gasteiger partial charge < -0.3 is 15.2 Å². The van der Waals surface area contributed by atoms with Crippen LogP contribution in [-0.4, -0.2) is 34.4 Å². The van der Waals surface area contributed by atoms with E-state index in [9.17, 15) is 9.18 Å². The number of carbonyl (C=O) groups excluding carboxylic acids is 1. The van der Waals surface area contributed by atoms with E-state index in [0.29, 0.717) is 24.3 Å². The summed E-state index contributed by atoms with van der Waals surface area (Å²) in [4.78, 5) is 23.5. The first kappa shape index (κ1) is 16.1. The second kappa shape index (κ2) is 6.15. The fourth-order valence-electron chi connectivity index (χ4n) is 3.33. The van der Waals surface area contributed by atoms with Crippen LogP contribution in [0.25, 0.3) is 10.9 Å². The van der Waals surface area contributed by atoms with Gasteiger partial charge in [-0.05, 0) is 30.2 Å². The first-order valence-electron chi connectivity index (χ1n) is 8.35. The molecule has 0 atom stereocenters. The number of hydrogen-bond acceptors (Lipinski definition) is 4. The molecule has 0 fully saturated rings. The maximum atomic E-state index is 13.7. The maximum absolute atomic E-state index is 13.7. The number of benzene rings is 1. The number of H-pyrrole nitrogens is 1. The molecule has 2 aromatic heterocycles. The van der Waals surface area contributed by atoms with Gasteiger partial charge in [0.25, 0.3) is 5.91 Å². The van der Waals surface area contributed by atoms with Crippen LogP contribution in [0.1, 0.15) is 33.5 Å². The van der Waals surface area contributed by atoms with Crippen LogP contribution in [-0.2, 0) is 19.4 Å². The van der Waals surface area contributed by atoms with Gasteiger partial charge in [-0.25, -0.2) is 9.37 Å². The van der Waals surface area contributed by atoms with E-state index in [-0.39, 0.29) is 11.7 Å². The third-order valence-electron chi connectivity index (χ3n) is 4.63. The molecule has 0 radical (unpaired) electrons. The molecular weight excluding hydrogens is 339 g/mol. The molecule has 4 rings (SSSR count). The molecule has 0 saturated heterocycles. The fraction of sp³-hybridized carbons (Fsp3) is 0.333. The SMILES string of the molecule is CCc1cc(F)cc2[nH]c(C(=O)N3CCc4nc(NC)sc4C3)cc12. The Balaban J connectivity index is 1.64. The lowest BCUT2D eigenvalue weighted by Gasteiger charge is -2.25. The number of anilines is 1. The lowest BCUT2D eigenvalue weighted by molar-refractivity contribution is 0.0731. The van der Waals surface area contributed by atoms with Gasteiger partial charge in [-0.1, -0.05) is 18.3 Å². The number of thiazole rings is 1. The van der Waals surface area contributed by atoms with E-state index >= 15 is 0 Å². The number of fused-ring (bicyclic) bond motifs is 2. The minimum absolute atomic E-state index is 0.0521. The zero-order chi connectivity index (χ0) is 17.6. The van der Waals surface area contributed by atoms with Crippen molar-refractivity contribution in [3.05, 3.63) is 45.8 Å². The van der Waals surface area contributed by atoms with E-state index in [1.807, 2.05) is 24.9 Å². The lowest BCUT2D eigenvalue weighted by Crippen LogP contribution is -2.35. The number of nitrogens with zero attached hydrogens (tertiary/aromatic N) is 2. The minimum Gasteiger partial charge on any atom is -0.365 e. The largest absolute Gasteiger partial charge is 0.365 e. The summed E-state index contributed by atoms with van der Waals surface area (Å²) in [6, 6.07) is 4.83. The van der Waals surface area contributed by atoms with Crippen LogP contribution in [0.3, 0.4) is 0 Å². The van der Waals surface area contributed by atoms with Crippen LogP contribution >= 0.6 is 11.3 Å². The summed E-state index contributed by atoms with van der Waals surface area (Å²) in [7, 11) is 1.85. The summed E-state index contributed by atoms with van der Waals surface area (Å²) in [5, 5.41) is 4.86. The predicted octanol–water partition coefficient (Wildman–Crippen LogP) is 3.57. The van der Waals surface area contributed by atoms with Crippen molar-refractivity contribution in [2.75, 3.05) is 18.9 Å². The number of halogens is 1. The molecule has 0 bridgehead atoms. The summed E-state index contributed by atoms with van der Waals surface area (Å²) in [6.45, 7) is 3.19. The summed E-state index contributed by atoms with van der Waals surface area (Å²) < 4.78 is 13.7. The highest BCUT2D eigenvalue weighted by Crippen LogP contribution is 2.29. The maximum Gasteiger partial charge on any atom is 0.270 e. The third kappa shape index (κ3) is 2.78. The molecule has 1 aliphatic heterocycles. The molecule has 0 unspecified atom stereocenters. The molecular formula is C18H19FN4OS. The summed E-state index contributed by atoms with van der Waals surface area (Å²) in [5.41, 5.74) is 3.17. The lowest BCUT2D eigenvalue weighted by atomic mass is 10.1. The van der Waals surface area contributed by atoms with E-state index in [1.165, 1.54) is 12.1 Å². The second-order valence-corrected chi connectivity index (χ2v) is 7.26. The van der Waals surface area contributed by atoms with Gasteiger partial charge in [0.2, 0.25) is 0 Å². The molecule has 1 amide bonds. The van der Waals surface area contributed by atoms with Gasteiger partial charge in [-0.2, -0.15) is 0 Å². The van der Waals surface area contributed by atoms with E-state index in [2.05, 4.69) is 15.3 Å². The van der Waals surface area contributed by atoms with Crippen LogP contribution in [0.5, 0.6) is 0 Å². The molecule has 7 heteroatoms. The van der Waals surface area contributed by atoms with E-state index in [0.717, 1.165) is 39.5 Å². The van der Waals surface area contributed by atoms with E-state index in [1.54, 1.807) is 11.3 Å². The van der Waals surface area contributed by atoms with Gasteiger partial charge in [-0.3, -0.25) is 4.79 Å². The first-order chi connectivity index (χ1) is 12.1. The summed E-state index contributed by atoms with van der Waals surface area (Å²) >= 11 is 1.59. The zero-order valence-electron chi connectivity index (χ0n) is 14.1. The van der Waals surface area contributed by atoms with Crippen molar-refractivity contribution >= 4 is 33.3 Å². The van der Waals surface area contributed by atoms with Crippen LogP contribution in [0.4, 0.5) is 9.52 Å². The van der Waals surface area contributed by atoms with Gasteiger partial charge >= 0.3 is 0 Å². The summed E-state index contributed by atoms with van der Waals surface area (Å²) in [6.07, 6.45) is 1.48. The monoisotopic (exact) mass is 358 g/mol. The quantitative estimate of drug-likeness (QED) is 0.752. The highest BCUT2D eigenvalue weighted by molar-refractivity contribution is 7.15. The molecule has 0 spiro atoms. The van der Waals surface area contributed by atoms with Gasteiger partial charge in [0.1, 0.15) is 11.5 Å². The molecule has 0 saturated carbocycles. The zero-order valence-corrected chi connectivity index (χ0v) is 15.0. The molecule has 2 N–H and O–H groups in total. The second-order valence-electron chi connectivity index (χ2n) is 6.18. The Morgan fingerprint density at radius 3 is 3.04 bits per heavy atom. The van der Waals surface area contributed by atoms with E-state index in [4.69, 9.17) is 0 Å². The molecule has 25 heavy (non-hydrogen) atoms. The van der Waals surface area contributed by atoms with Gasteiger partial charge in [0.15, 0.2) is 5.13 Å². The van der Waals surface area contributed by atoms with Gasteiger partial charge in [-0.15, -0.1) is 0 Å². The van der Waals surface area contributed by atoms with E-state index < -0.39 is 0 Å². The van der Waals surface area contributed by atoms with Crippen LogP contribution in [0, 0.1) is 5.82 Å². The Hall–Kier alpha value is -2.41. The topological polar surface area (TPSA) is 61.0 Å². The van der Waals surface area contributed by atoms with Crippen LogP contribution in [0.2, 0.25) is 0 Å². The van der Waals surface area contributed by atoms with Crippen molar-refractivity contribution in [1.82, 2.24) is 14.9 Å². The number of nitrogens with one attached hydrogen (secondary N) is 2. The van der Waals surface area contributed by atoms with Gasteiger partial charge in [0, 0.05) is 35.8 Å². The molecule has 1 aliphatic rings. The molecule has 1 aromatic carbocycles. The van der Waals surface area contributed by atoms with Crippen LogP contribution in [0.15, 0.2) is 18.2 Å². The minimum atomic E-state index is -0.280. The summed E-state index contributed by atoms with van der Waals surface area (Å²) in [5.74, 6) is -0.333. The number of carbonyl (C=O) groups is 1. The number of rotatable bonds is 3. The standard InChI is InChI=1S/C18H19FN4OS/c1-3-10-6-11(19)7-14-12(10)8-15(21-14)17(24)23-5-4-13-16(9-23)25-18(20-2)22-13/h6-8,21H,3-5,9H2,1-2H3,(H,20,22). The Morgan fingerprint density at radius 1 is 1.44 bits per heavy atom. The number of hydrogen-bond donors (Lipinski definition) is 2. The van der Waals surface area contributed by atoms with Crippen molar-refractivity contribution in [3.63, 3.8) is 0 Å². The first-order valence-corrected chi connectivity index (χ1v) is 9.17. The Bertz CT molecular complexity index is 962. The van der Waals surface area contributed by atoms with Crippen molar-refractivity contribution in [2.24, 2.45) is 0 Å². The molecule has 0 aliphatic carbocycles. The van der Waals surface area contributed by atoms with Crippen molar-refractivity contribution < 1.29 is 9.18 Å². The average molecular weight is 358 g/mol. The average Bonchev–Trinajstić information content (AvgIpc) is 3.22.